The molecule has 0 aliphatic heterocycles. The number of nitrogens with two attached hydrogens (primary N) is 1. The van der Waals surface area contributed by atoms with Crippen molar-refractivity contribution in [1.29, 1.82) is 0 Å². The molecular weight excluding hydrogens is 232 g/mol. The van der Waals surface area contributed by atoms with E-state index in [1.807, 2.05) is 30.5 Å². The van der Waals surface area contributed by atoms with Crippen LogP contribution in [0, 0.1) is 0 Å². The molecule has 0 unspecified atom stereocenters. The standard InChI is InChI=1S/C13H20N2OS/c1-13(2,17-3)9-15-12(16)8-10-6-4-5-7-11(10)14/h4-7H,8-9,14H2,1-3H3,(H,15,16). The molecule has 17 heavy (non-hydrogen) atoms. The molecule has 1 amide bonds. The number of anilines is 1. The Kier molecular flexibility index (Phi) is 4.87. The largest absolute Gasteiger partial charge is 0.398 e. The van der Waals surface area contributed by atoms with Gasteiger partial charge in [-0.15, -0.1) is 0 Å². The van der Waals surface area contributed by atoms with Crippen LogP contribution >= 0.6 is 11.8 Å². The normalized spacial score (nSPS) is 11.2. The van der Waals surface area contributed by atoms with Crippen LogP contribution in [-0.2, 0) is 11.2 Å². The number of para-hydroxylation sites is 1. The molecule has 0 bridgehead atoms. The van der Waals surface area contributed by atoms with Gasteiger partial charge in [0.25, 0.3) is 0 Å². The molecule has 4 heteroatoms. The number of hydrogen-bond donors (Lipinski definition) is 2. The van der Waals surface area contributed by atoms with E-state index < -0.39 is 0 Å². The first-order chi connectivity index (χ1) is 7.94. The molecule has 0 fully saturated rings. The summed E-state index contributed by atoms with van der Waals surface area (Å²) in [6.07, 6.45) is 2.39. The van der Waals surface area contributed by atoms with Crippen molar-refractivity contribution in [3.8, 4) is 0 Å². The van der Waals surface area contributed by atoms with Crippen molar-refractivity contribution in [2.75, 3.05) is 18.5 Å². The van der Waals surface area contributed by atoms with E-state index in [0.29, 0.717) is 18.7 Å². The van der Waals surface area contributed by atoms with E-state index in [1.165, 1.54) is 0 Å². The van der Waals surface area contributed by atoms with Crippen LogP contribution in [-0.4, -0.2) is 23.5 Å². The SMILES string of the molecule is CSC(C)(C)CNC(=O)Cc1ccccc1N. The van der Waals surface area contributed by atoms with Gasteiger partial charge in [-0.3, -0.25) is 4.79 Å². The molecule has 1 aromatic carbocycles. The van der Waals surface area contributed by atoms with Crippen molar-refractivity contribution in [3.05, 3.63) is 29.8 Å². The Balaban J connectivity index is 2.48. The van der Waals surface area contributed by atoms with Crippen LogP contribution in [0.5, 0.6) is 0 Å². The highest BCUT2D eigenvalue weighted by Crippen LogP contribution is 2.19. The van der Waals surface area contributed by atoms with Crippen LogP contribution in [0.4, 0.5) is 5.69 Å². The van der Waals surface area contributed by atoms with E-state index in [4.69, 9.17) is 5.73 Å². The molecule has 0 spiro atoms. The third-order valence-electron chi connectivity index (χ3n) is 2.67. The lowest BCUT2D eigenvalue weighted by Gasteiger charge is -2.22. The molecular formula is C13H20N2OS. The highest BCUT2D eigenvalue weighted by molar-refractivity contribution is 7.99. The number of carbonyl (C=O) groups excluding carboxylic acids is 1. The second kappa shape index (κ2) is 5.96. The Morgan fingerprint density at radius 1 is 1.41 bits per heavy atom. The Morgan fingerprint density at radius 3 is 2.65 bits per heavy atom. The van der Waals surface area contributed by atoms with Crippen molar-refractivity contribution in [2.45, 2.75) is 25.0 Å². The van der Waals surface area contributed by atoms with Gasteiger partial charge in [-0.2, -0.15) is 11.8 Å². The summed E-state index contributed by atoms with van der Waals surface area (Å²) in [6.45, 7) is 4.88. The van der Waals surface area contributed by atoms with Gasteiger partial charge in [-0.05, 0) is 31.7 Å². The van der Waals surface area contributed by atoms with Gasteiger partial charge in [-0.1, -0.05) is 18.2 Å². The Hall–Kier alpha value is -1.16. The van der Waals surface area contributed by atoms with Crippen LogP contribution in [0.25, 0.3) is 0 Å². The third kappa shape index (κ3) is 4.69. The average molecular weight is 252 g/mol. The first kappa shape index (κ1) is 13.9. The molecule has 1 aromatic rings. The molecule has 94 valence electrons. The van der Waals surface area contributed by atoms with Crippen LogP contribution in [0.15, 0.2) is 24.3 Å². The summed E-state index contributed by atoms with van der Waals surface area (Å²) in [6, 6.07) is 7.46. The molecule has 3 nitrogen and oxygen atoms in total. The maximum Gasteiger partial charge on any atom is 0.224 e. The lowest BCUT2D eigenvalue weighted by molar-refractivity contribution is -0.120. The third-order valence-corrected chi connectivity index (χ3v) is 3.92. The first-order valence-electron chi connectivity index (χ1n) is 5.60. The van der Waals surface area contributed by atoms with Gasteiger partial charge in [0.1, 0.15) is 0 Å². The maximum atomic E-state index is 11.8. The second-order valence-corrected chi connectivity index (χ2v) is 6.13. The summed E-state index contributed by atoms with van der Waals surface area (Å²) in [5, 5.41) is 2.93. The van der Waals surface area contributed by atoms with E-state index >= 15 is 0 Å². The number of nitrogens with one attached hydrogen (secondary N) is 1. The van der Waals surface area contributed by atoms with Crippen molar-refractivity contribution < 1.29 is 4.79 Å². The van der Waals surface area contributed by atoms with E-state index in [-0.39, 0.29) is 10.7 Å². The zero-order chi connectivity index (χ0) is 12.9. The van der Waals surface area contributed by atoms with Crippen molar-refractivity contribution in [1.82, 2.24) is 5.32 Å². The molecule has 0 aliphatic rings. The van der Waals surface area contributed by atoms with Crippen LogP contribution in [0.2, 0.25) is 0 Å². The highest BCUT2D eigenvalue weighted by Gasteiger charge is 2.17. The summed E-state index contributed by atoms with van der Waals surface area (Å²) in [5.74, 6) is 0.0185. The molecule has 3 N–H and O–H groups in total. The summed E-state index contributed by atoms with van der Waals surface area (Å²) in [7, 11) is 0. The van der Waals surface area contributed by atoms with Gasteiger partial charge >= 0.3 is 0 Å². The number of nitrogen functional groups attached to an aromatic ring is 1. The summed E-state index contributed by atoms with van der Waals surface area (Å²) in [5.41, 5.74) is 7.35. The zero-order valence-electron chi connectivity index (χ0n) is 10.6. The van der Waals surface area contributed by atoms with Gasteiger partial charge in [-0.25, -0.2) is 0 Å². The van der Waals surface area contributed by atoms with Crippen molar-refractivity contribution in [3.63, 3.8) is 0 Å². The molecule has 0 saturated heterocycles. The number of carbonyl (C=O) groups is 1. The Labute approximate surface area is 107 Å². The fourth-order valence-corrected chi connectivity index (χ4v) is 1.53. The lowest BCUT2D eigenvalue weighted by Crippen LogP contribution is -2.36. The molecule has 0 aromatic heterocycles. The number of hydrogen-bond acceptors (Lipinski definition) is 3. The van der Waals surface area contributed by atoms with Gasteiger partial charge in [0.05, 0.1) is 6.42 Å². The van der Waals surface area contributed by atoms with Crippen LogP contribution in [0.3, 0.4) is 0 Å². The molecule has 1 rings (SSSR count). The minimum absolute atomic E-state index is 0.0185. The zero-order valence-corrected chi connectivity index (χ0v) is 11.4. The predicted molar refractivity (Wildman–Crippen MR) is 75.2 cm³/mol. The van der Waals surface area contributed by atoms with Gasteiger partial charge in [0, 0.05) is 17.0 Å². The quantitative estimate of drug-likeness (QED) is 0.789. The van der Waals surface area contributed by atoms with Crippen molar-refractivity contribution >= 4 is 23.4 Å². The topological polar surface area (TPSA) is 55.1 Å². The van der Waals surface area contributed by atoms with E-state index in [0.717, 1.165) is 5.56 Å². The molecule has 0 aliphatic carbocycles. The maximum absolute atomic E-state index is 11.8. The van der Waals surface area contributed by atoms with E-state index in [1.54, 1.807) is 11.8 Å². The fourth-order valence-electron chi connectivity index (χ4n) is 1.31. The Bertz CT molecular complexity index is 391. The van der Waals surface area contributed by atoms with Gasteiger partial charge in [0.15, 0.2) is 0 Å². The monoisotopic (exact) mass is 252 g/mol. The molecule has 0 saturated carbocycles. The minimum Gasteiger partial charge on any atom is -0.398 e. The summed E-state index contributed by atoms with van der Waals surface area (Å²) >= 11 is 1.74. The van der Waals surface area contributed by atoms with E-state index in [9.17, 15) is 4.79 Å². The predicted octanol–water partition coefficient (Wildman–Crippen LogP) is 2.07. The van der Waals surface area contributed by atoms with Crippen LogP contribution in [0.1, 0.15) is 19.4 Å². The fraction of sp³-hybridized carbons (Fsp3) is 0.462. The summed E-state index contributed by atoms with van der Waals surface area (Å²) < 4.78 is 0.0674. The van der Waals surface area contributed by atoms with Crippen LogP contribution < -0.4 is 11.1 Å². The number of benzene rings is 1. The lowest BCUT2D eigenvalue weighted by atomic mass is 10.1. The molecule has 0 radical (unpaired) electrons. The Morgan fingerprint density at radius 2 is 2.06 bits per heavy atom. The molecule has 0 atom stereocenters. The van der Waals surface area contributed by atoms with Gasteiger partial charge in [0.2, 0.25) is 5.91 Å². The second-order valence-electron chi connectivity index (χ2n) is 4.62. The van der Waals surface area contributed by atoms with Gasteiger partial charge < -0.3 is 11.1 Å². The minimum atomic E-state index is 0.0185. The number of thioether (sulfide) groups is 1. The van der Waals surface area contributed by atoms with Crippen molar-refractivity contribution in [2.24, 2.45) is 0 Å². The molecule has 0 heterocycles. The number of rotatable bonds is 5. The first-order valence-corrected chi connectivity index (χ1v) is 6.82. The summed E-state index contributed by atoms with van der Waals surface area (Å²) in [4.78, 5) is 11.8. The number of amides is 1. The smallest absolute Gasteiger partial charge is 0.224 e. The van der Waals surface area contributed by atoms with E-state index in [2.05, 4.69) is 19.2 Å². The highest BCUT2D eigenvalue weighted by atomic mass is 32.2. The average Bonchev–Trinajstić information content (AvgIpc) is 2.30.